The van der Waals surface area contributed by atoms with Crippen LogP contribution in [-0.2, 0) is 12.8 Å². The van der Waals surface area contributed by atoms with Gasteiger partial charge in [-0.2, -0.15) is 0 Å². The molecule has 2 heterocycles. The molecule has 1 saturated heterocycles. The summed E-state index contributed by atoms with van der Waals surface area (Å²) in [7, 11) is 0. The molecule has 0 bridgehead atoms. The number of carbonyl (C=O) groups excluding carboxylic acids is 1. The predicted octanol–water partition coefficient (Wildman–Crippen LogP) is 4.42. The van der Waals surface area contributed by atoms with Gasteiger partial charge in [-0.3, -0.25) is 9.69 Å². The van der Waals surface area contributed by atoms with Gasteiger partial charge in [0.2, 0.25) is 0 Å². The number of halogens is 3. The molecule has 0 amide bonds. The van der Waals surface area contributed by atoms with Gasteiger partial charge in [0.05, 0.1) is 0 Å². The summed E-state index contributed by atoms with van der Waals surface area (Å²) in [6.45, 7) is 5.39. The number of ketones is 1. The number of benzene rings is 2. The summed E-state index contributed by atoms with van der Waals surface area (Å²) in [5.41, 5.74) is 3.61. The second-order valence-corrected chi connectivity index (χ2v) is 7.75. The lowest BCUT2D eigenvalue weighted by molar-refractivity contribution is 0.0758. The summed E-state index contributed by atoms with van der Waals surface area (Å²) in [5, 5.41) is 0. The first-order valence-corrected chi connectivity index (χ1v) is 10.0. The van der Waals surface area contributed by atoms with Crippen LogP contribution in [0.5, 0.6) is 0 Å². The van der Waals surface area contributed by atoms with Crippen LogP contribution in [0.2, 0.25) is 0 Å². The van der Waals surface area contributed by atoms with E-state index in [0.29, 0.717) is 18.0 Å². The molecule has 29 heavy (non-hydrogen) atoms. The standard InChI is InChI=1S/C23H27FN2O.2ClH/c24-21-9-7-19(8-10-21)23(27)6-3-12-25-14-15-26-13-11-18-4-1-2-5-20(18)16-22(26)17-25;;/h1-2,4-5,7-10,22H,3,6,11-17H2;2*1H. The molecule has 1 atom stereocenters. The molecule has 4 rings (SSSR count). The Bertz CT molecular complexity index is 800. The number of rotatable bonds is 5. The zero-order valence-electron chi connectivity index (χ0n) is 16.6. The highest BCUT2D eigenvalue weighted by Crippen LogP contribution is 2.23. The van der Waals surface area contributed by atoms with E-state index in [1.807, 2.05) is 0 Å². The Morgan fingerprint density at radius 1 is 0.966 bits per heavy atom. The summed E-state index contributed by atoms with van der Waals surface area (Å²) in [5.74, 6) is -0.188. The zero-order chi connectivity index (χ0) is 18.6. The topological polar surface area (TPSA) is 23.6 Å². The second-order valence-electron chi connectivity index (χ2n) is 7.75. The van der Waals surface area contributed by atoms with E-state index in [9.17, 15) is 9.18 Å². The molecule has 1 fully saturated rings. The Morgan fingerprint density at radius 2 is 1.69 bits per heavy atom. The molecule has 6 heteroatoms. The minimum absolute atomic E-state index is 0. The van der Waals surface area contributed by atoms with Crippen molar-refractivity contribution in [2.45, 2.75) is 31.7 Å². The van der Waals surface area contributed by atoms with Crippen molar-refractivity contribution >= 4 is 30.6 Å². The monoisotopic (exact) mass is 438 g/mol. The van der Waals surface area contributed by atoms with Crippen molar-refractivity contribution in [2.24, 2.45) is 0 Å². The van der Waals surface area contributed by atoms with Crippen molar-refractivity contribution in [1.29, 1.82) is 0 Å². The largest absolute Gasteiger partial charge is 0.300 e. The first-order chi connectivity index (χ1) is 13.2. The maximum absolute atomic E-state index is 13.0. The number of fused-ring (bicyclic) bond motifs is 2. The highest BCUT2D eigenvalue weighted by atomic mass is 35.5. The number of piperazine rings is 1. The van der Waals surface area contributed by atoms with E-state index in [-0.39, 0.29) is 36.4 Å². The fraction of sp³-hybridized carbons (Fsp3) is 0.435. The van der Waals surface area contributed by atoms with Crippen LogP contribution < -0.4 is 0 Å². The van der Waals surface area contributed by atoms with Gasteiger partial charge in [-0.1, -0.05) is 24.3 Å². The molecule has 0 radical (unpaired) electrons. The van der Waals surface area contributed by atoms with Crippen LogP contribution in [-0.4, -0.2) is 54.3 Å². The van der Waals surface area contributed by atoms with Gasteiger partial charge >= 0.3 is 0 Å². The highest BCUT2D eigenvalue weighted by molar-refractivity contribution is 5.95. The van der Waals surface area contributed by atoms with Gasteiger partial charge in [-0.25, -0.2) is 4.39 Å². The molecule has 2 aromatic carbocycles. The van der Waals surface area contributed by atoms with Gasteiger partial charge in [0.1, 0.15) is 5.82 Å². The molecular formula is C23H29Cl2FN2O. The smallest absolute Gasteiger partial charge is 0.162 e. The van der Waals surface area contributed by atoms with Crippen molar-refractivity contribution in [3.63, 3.8) is 0 Å². The minimum Gasteiger partial charge on any atom is -0.300 e. The average Bonchev–Trinajstić information content (AvgIpc) is 2.87. The van der Waals surface area contributed by atoms with E-state index in [0.717, 1.165) is 52.0 Å². The molecule has 0 N–H and O–H groups in total. The molecule has 0 aromatic heterocycles. The van der Waals surface area contributed by atoms with E-state index in [2.05, 4.69) is 34.1 Å². The molecule has 2 aliphatic rings. The molecule has 158 valence electrons. The van der Waals surface area contributed by atoms with Crippen molar-refractivity contribution in [3.05, 3.63) is 71.0 Å². The molecule has 1 unspecified atom stereocenters. The van der Waals surface area contributed by atoms with Crippen molar-refractivity contribution in [3.8, 4) is 0 Å². The molecule has 0 spiro atoms. The zero-order valence-corrected chi connectivity index (χ0v) is 18.2. The molecule has 0 saturated carbocycles. The molecule has 2 aliphatic heterocycles. The number of hydrogen-bond acceptors (Lipinski definition) is 3. The lowest BCUT2D eigenvalue weighted by atomic mass is 9.99. The van der Waals surface area contributed by atoms with Crippen LogP contribution in [0.4, 0.5) is 4.39 Å². The normalized spacial score (nSPS) is 19.1. The van der Waals surface area contributed by atoms with E-state index < -0.39 is 0 Å². The van der Waals surface area contributed by atoms with Crippen LogP contribution in [0.25, 0.3) is 0 Å². The van der Waals surface area contributed by atoms with Gasteiger partial charge in [0.15, 0.2) is 5.78 Å². The maximum Gasteiger partial charge on any atom is 0.162 e. The van der Waals surface area contributed by atoms with Crippen LogP contribution in [0.1, 0.15) is 34.3 Å². The minimum atomic E-state index is -0.297. The Labute approximate surface area is 185 Å². The lowest BCUT2D eigenvalue weighted by Gasteiger charge is -2.40. The van der Waals surface area contributed by atoms with Crippen molar-refractivity contribution < 1.29 is 9.18 Å². The first-order valence-electron chi connectivity index (χ1n) is 10.0. The summed E-state index contributed by atoms with van der Waals surface area (Å²) in [6, 6.07) is 15.3. The Morgan fingerprint density at radius 3 is 2.45 bits per heavy atom. The maximum atomic E-state index is 13.0. The van der Waals surface area contributed by atoms with E-state index >= 15 is 0 Å². The van der Waals surface area contributed by atoms with Gasteiger partial charge in [0, 0.05) is 44.2 Å². The quantitative estimate of drug-likeness (QED) is 0.645. The first kappa shape index (κ1) is 23.8. The lowest BCUT2D eigenvalue weighted by Crippen LogP contribution is -2.53. The van der Waals surface area contributed by atoms with Crippen LogP contribution in [0, 0.1) is 5.82 Å². The van der Waals surface area contributed by atoms with Crippen LogP contribution >= 0.6 is 24.8 Å². The predicted molar refractivity (Wildman–Crippen MR) is 120 cm³/mol. The summed E-state index contributed by atoms with van der Waals surface area (Å²) >= 11 is 0. The van der Waals surface area contributed by atoms with Crippen LogP contribution in [0.15, 0.2) is 48.5 Å². The van der Waals surface area contributed by atoms with Gasteiger partial charge in [-0.15, -0.1) is 24.8 Å². The van der Waals surface area contributed by atoms with Crippen LogP contribution in [0.3, 0.4) is 0 Å². The summed E-state index contributed by atoms with van der Waals surface area (Å²) in [6.07, 6.45) is 3.67. The summed E-state index contributed by atoms with van der Waals surface area (Å²) < 4.78 is 13.0. The fourth-order valence-electron chi connectivity index (χ4n) is 4.41. The molecule has 2 aromatic rings. The third-order valence-electron chi connectivity index (χ3n) is 5.98. The van der Waals surface area contributed by atoms with Gasteiger partial charge < -0.3 is 4.90 Å². The summed E-state index contributed by atoms with van der Waals surface area (Å²) in [4.78, 5) is 17.4. The molecule has 0 aliphatic carbocycles. The van der Waals surface area contributed by atoms with E-state index in [1.165, 1.54) is 23.3 Å². The van der Waals surface area contributed by atoms with Crippen molar-refractivity contribution in [2.75, 3.05) is 32.7 Å². The third-order valence-corrected chi connectivity index (χ3v) is 5.98. The highest BCUT2D eigenvalue weighted by Gasteiger charge is 2.29. The molecular weight excluding hydrogens is 410 g/mol. The van der Waals surface area contributed by atoms with Gasteiger partial charge in [0.25, 0.3) is 0 Å². The average molecular weight is 439 g/mol. The van der Waals surface area contributed by atoms with Crippen molar-refractivity contribution in [1.82, 2.24) is 9.80 Å². The SMILES string of the molecule is Cl.Cl.O=C(CCCN1CCN2CCc3ccccc3CC2C1)c1ccc(F)cc1. The second kappa shape index (κ2) is 11.1. The number of nitrogens with zero attached hydrogens (tertiary/aromatic N) is 2. The number of carbonyl (C=O) groups is 1. The van der Waals surface area contributed by atoms with Gasteiger partial charge in [-0.05, 0) is 61.2 Å². The van der Waals surface area contributed by atoms with E-state index in [1.54, 1.807) is 12.1 Å². The Balaban J connectivity index is 0.00000150. The Hall–Kier alpha value is -1.46. The number of hydrogen-bond donors (Lipinski definition) is 0. The Kier molecular flexibility index (Phi) is 9.09. The molecule has 3 nitrogen and oxygen atoms in total. The number of Topliss-reactive ketones (excluding diaryl/α,β-unsaturated/α-hetero) is 1. The van der Waals surface area contributed by atoms with E-state index in [4.69, 9.17) is 0 Å². The fourth-order valence-corrected chi connectivity index (χ4v) is 4.41. The third kappa shape index (κ3) is 6.02.